The third-order valence-corrected chi connectivity index (χ3v) is 3.88. The Morgan fingerprint density at radius 3 is 2.53 bits per heavy atom. The molecule has 4 heteroatoms. The summed E-state index contributed by atoms with van der Waals surface area (Å²) in [5.41, 5.74) is 1.01. The van der Waals surface area contributed by atoms with Gasteiger partial charge in [0.2, 0.25) is 0 Å². The summed E-state index contributed by atoms with van der Waals surface area (Å²) < 4.78 is 19.6. The maximum atomic E-state index is 13.0. The van der Waals surface area contributed by atoms with Crippen LogP contribution in [0.4, 0.5) is 10.1 Å². The van der Waals surface area contributed by atoms with Crippen molar-refractivity contribution in [3.63, 3.8) is 0 Å². The lowest BCUT2D eigenvalue weighted by atomic mass is 9.99. The molecule has 0 radical (unpaired) electrons. The van der Waals surface area contributed by atoms with Gasteiger partial charge in [0.15, 0.2) is 0 Å². The molecule has 1 fully saturated rings. The smallest absolute Gasteiger partial charge is 0.124 e. The van der Waals surface area contributed by atoms with E-state index in [9.17, 15) is 4.39 Å². The molecule has 0 aliphatic carbocycles. The summed E-state index contributed by atoms with van der Waals surface area (Å²) in [6.45, 7) is 4.19. The van der Waals surface area contributed by atoms with Gasteiger partial charge in [-0.05, 0) is 67.5 Å². The molecule has 2 nitrogen and oxygen atoms in total. The summed E-state index contributed by atoms with van der Waals surface area (Å²) in [5.74, 6) is -0.186. The molecular weight excluding hydrogens is 332 g/mol. The summed E-state index contributed by atoms with van der Waals surface area (Å²) in [6, 6.07) is 5.26. The number of halogens is 2. The summed E-state index contributed by atoms with van der Waals surface area (Å²) >= 11 is 2.16. The maximum Gasteiger partial charge on any atom is 0.124 e. The van der Waals surface area contributed by atoms with Crippen molar-refractivity contribution < 1.29 is 9.13 Å². The lowest BCUT2D eigenvalue weighted by molar-refractivity contribution is -0.0337. The fourth-order valence-electron chi connectivity index (χ4n) is 2.35. The molecule has 0 saturated carbocycles. The minimum absolute atomic E-state index is 0.186. The summed E-state index contributed by atoms with van der Waals surface area (Å²) in [5, 5.41) is 3.48. The van der Waals surface area contributed by atoms with Crippen molar-refractivity contribution in [3.05, 3.63) is 27.6 Å². The zero-order valence-corrected chi connectivity index (χ0v) is 12.2. The van der Waals surface area contributed by atoms with E-state index in [1.807, 2.05) is 6.07 Å². The lowest BCUT2D eigenvalue weighted by Gasteiger charge is -2.33. The summed E-state index contributed by atoms with van der Waals surface area (Å²) in [6.07, 6.45) is 2.57. The Hall–Kier alpha value is -0.360. The Balaban J connectivity index is 2.04. The maximum absolute atomic E-state index is 13.0. The molecule has 2 rings (SSSR count). The van der Waals surface area contributed by atoms with Gasteiger partial charge in [0.05, 0.1) is 12.2 Å². The molecule has 17 heavy (non-hydrogen) atoms. The van der Waals surface area contributed by atoms with Crippen LogP contribution in [-0.4, -0.2) is 18.2 Å². The molecule has 1 aliphatic heterocycles. The molecule has 2 unspecified atom stereocenters. The first-order chi connectivity index (χ1) is 8.04. The average Bonchev–Trinajstić information content (AvgIpc) is 2.21. The highest BCUT2D eigenvalue weighted by molar-refractivity contribution is 14.1. The van der Waals surface area contributed by atoms with Crippen LogP contribution >= 0.6 is 22.6 Å². The second-order valence-corrected chi connectivity index (χ2v) is 5.86. The summed E-state index contributed by atoms with van der Waals surface area (Å²) in [4.78, 5) is 0. The second kappa shape index (κ2) is 5.52. The van der Waals surface area contributed by atoms with Crippen molar-refractivity contribution in [1.29, 1.82) is 0 Å². The molecule has 0 amide bonds. The standard InChI is InChI=1S/C13H17FINO/c1-8-5-11(6-9(2)17-8)16-13-4-3-10(14)7-12(13)15/h3-4,7-9,11,16H,5-6H2,1-2H3. The highest BCUT2D eigenvalue weighted by atomic mass is 127. The zero-order valence-electron chi connectivity index (χ0n) is 10.0. The molecule has 0 aromatic heterocycles. The fourth-order valence-corrected chi connectivity index (χ4v) is 2.98. The van der Waals surface area contributed by atoms with Crippen LogP contribution in [0.3, 0.4) is 0 Å². The van der Waals surface area contributed by atoms with Crippen molar-refractivity contribution in [1.82, 2.24) is 0 Å². The van der Waals surface area contributed by atoms with E-state index in [1.54, 1.807) is 6.07 Å². The predicted molar refractivity (Wildman–Crippen MR) is 75.8 cm³/mol. The van der Waals surface area contributed by atoms with Crippen LogP contribution in [0.25, 0.3) is 0 Å². The number of rotatable bonds is 2. The van der Waals surface area contributed by atoms with E-state index in [1.165, 1.54) is 6.07 Å². The van der Waals surface area contributed by atoms with Crippen LogP contribution in [0.2, 0.25) is 0 Å². The van der Waals surface area contributed by atoms with E-state index in [0.717, 1.165) is 22.1 Å². The van der Waals surface area contributed by atoms with Crippen LogP contribution in [0.1, 0.15) is 26.7 Å². The predicted octanol–water partition coefficient (Wildman–Crippen LogP) is 3.80. The lowest BCUT2D eigenvalue weighted by Crippen LogP contribution is -2.37. The highest BCUT2D eigenvalue weighted by Gasteiger charge is 2.24. The van der Waals surface area contributed by atoms with Gasteiger partial charge in [0.25, 0.3) is 0 Å². The van der Waals surface area contributed by atoms with Crippen molar-refractivity contribution in [2.45, 2.75) is 44.9 Å². The molecule has 0 bridgehead atoms. The van der Waals surface area contributed by atoms with Gasteiger partial charge in [-0.1, -0.05) is 0 Å². The van der Waals surface area contributed by atoms with Crippen LogP contribution in [-0.2, 0) is 4.74 Å². The molecule has 0 spiro atoms. The van der Waals surface area contributed by atoms with Crippen LogP contribution in [0.15, 0.2) is 18.2 Å². The second-order valence-electron chi connectivity index (χ2n) is 4.69. The van der Waals surface area contributed by atoms with E-state index in [4.69, 9.17) is 4.74 Å². The molecule has 94 valence electrons. The molecule has 1 heterocycles. The van der Waals surface area contributed by atoms with Gasteiger partial charge in [-0.2, -0.15) is 0 Å². The van der Waals surface area contributed by atoms with Crippen molar-refractivity contribution >= 4 is 28.3 Å². The minimum Gasteiger partial charge on any atom is -0.381 e. The minimum atomic E-state index is -0.186. The van der Waals surface area contributed by atoms with Crippen LogP contribution < -0.4 is 5.32 Å². The van der Waals surface area contributed by atoms with E-state index in [0.29, 0.717) is 6.04 Å². The zero-order chi connectivity index (χ0) is 12.4. The Morgan fingerprint density at radius 1 is 1.29 bits per heavy atom. The quantitative estimate of drug-likeness (QED) is 0.821. The average molecular weight is 349 g/mol. The van der Waals surface area contributed by atoms with E-state index >= 15 is 0 Å². The molecule has 1 saturated heterocycles. The SMILES string of the molecule is CC1CC(Nc2ccc(F)cc2I)CC(C)O1. The Labute approximate surface area is 115 Å². The number of anilines is 1. The first-order valence-corrected chi connectivity index (χ1v) is 6.99. The number of ether oxygens (including phenoxy) is 1. The number of hydrogen-bond donors (Lipinski definition) is 1. The van der Waals surface area contributed by atoms with E-state index < -0.39 is 0 Å². The Morgan fingerprint density at radius 2 is 1.94 bits per heavy atom. The third kappa shape index (κ3) is 3.55. The topological polar surface area (TPSA) is 21.3 Å². The molecule has 1 aromatic carbocycles. The van der Waals surface area contributed by atoms with Gasteiger partial charge in [-0.25, -0.2) is 4.39 Å². The number of hydrogen-bond acceptors (Lipinski definition) is 2. The van der Waals surface area contributed by atoms with Gasteiger partial charge in [-0.15, -0.1) is 0 Å². The van der Waals surface area contributed by atoms with Crippen LogP contribution in [0, 0.1) is 9.39 Å². The summed E-state index contributed by atoms with van der Waals surface area (Å²) in [7, 11) is 0. The monoisotopic (exact) mass is 349 g/mol. The van der Waals surface area contributed by atoms with Crippen molar-refractivity contribution in [2.24, 2.45) is 0 Å². The fraction of sp³-hybridized carbons (Fsp3) is 0.538. The molecule has 1 N–H and O–H groups in total. The molecule has 2 atom stereocenters. The Bertz CT molecular complexity index is 389. The molecule has 1 aliphatic rings. The first-order valence-electron chi connectivity index (χ1n) is 5.91. The highest BCUT2D eigenvalue weighted by Crippen LogP contribution is 2.25. The van der Waals surface area contributed by atoms with E-state index in [2.05, 4.69) is 41.8 Å². The Kier molecular flexibility index (Phi) is 4.25. The van der Waals surface area contributed by atoms with Crippen molar-refractivity contribution in [2.75, 3.05) is 5.32 Å². The van der Waals surface area contributed by atoms with Gasteiger partial charge in [-0.3, -0.25) is 0 Å². The third-order valence-electron chi connectivity index (χ3n) is 2.99. The van der Waals surface area contributed by atoms with Gasteiger partial charge in [0, 0.05) is 15.3 Å². The van der Waals surface area contributed by atoms with Gasteiger partial charge < -0.3 is 10.1 Å². The van der Waals surface area contributed by atoms with Crippen molar-refractivity contribution in [3.8, 4) is 0 Å². The first kappa shape index (κ1) is 13.1. The number of nitrogens with one attached hydrogen (secondary N) is 1. The molecular formula is C13H17FINO. The number of benzene rings is 1. The molecule has 1 aromatic rings. The van der Waals surface area contributed by atoms with Crippen LogP contribution in [0.5, 0.6) is 0 Å². The van der Waals surface area contributed by atoms with E-state index in [-0.39, 0.29) is 18.0 Å². The normalized spacial score (nSPS) is 29.1. The van der Waals surface area contributed by atoms with Gasteiger partial charge >= 0.3 is 0 Å². The van der Waals surface area contributed by atoms with Gasteiger partial charge in [0.1, 0.15) is 5.82 Å². The largest absolute Gasteiger partial charge is 0.381 e.